The van der Waals surface area contributed by atoms with Gasteiger partial charge in [-0.05, 0) is 24.6 Å². The Morgan fingerprint density at radius 2 is 1.83 bits per heavy atom. The highest BCUT2D eigenvalue weighted by atomic mass is 35.5. The summed E-state index contributed by atoms with van der Waals surface area (Å²) >= 11 is 7.35. The number of carbonyl (C=O) groups is 2. The number of nitrogens with one attached hydrogen (secondary N) is 3. The van der Waals surface area contributed by atoms with Crippen LogP contribution >= 0.6 is 22.9 Å². The van der Waals surface area contributed by atoms with Crippen LogP contribution in [-0.2, 0) is 0 Å². The molecule has 0 fully saturated rings. The summed E-state index contributed by atoms with van der Waals surface area (Å²) in [4.78, 5) is 24.0. The quantitative estimate of drug-likeness (QED) is 0.695. The first-order valence-electron chi connectivity index (χ1n) is 7.08. The van der Waals surface area contributed by atoms with Crippen LogP contribution in [0, 0.1) is 6.92 Å². The van der Waals surface area contributed by atoms with Crippen molar-refractivity contribution in [3.63, 3.8) is 0 Å². The van der Waals surface area contributed by atoms with Crippen LogP contribution < -0.4 is 16.4 Å². The van der Waals surface area contributed by atoms with Crippen LogP contribution in [-0.4, -0.2) is 11.9 Å². The fourth-order valence-corrected chi connectivity index (χ4v) is 3.76. The number of aryl methyl sites for hydroxylation is 1. The van der Waals surface area contributed by atoms with Crippen molar-refractivity contribution in [3.8, 4) is 0 Å². The summed E-state index contributed by atoms with van der Waals surface area (Å²) in [5.74, 6) is -0.836. The molecule has 0 aliphatic rings. The first-order valence-corrected chi connectivity index (χ1v) is 8.27. The number of rotatable bonds is 3. The number of thiophene rings is 1. The standard InChI is InChI=1S/C17H13ClN3O2S/c1-9-5-4-7-11(18)14(9)20-17(23)21-16-13(15(19)22)10-6-2-3-8-12(10)24-16/h2-8,19H,1H3,(H2,20,21,23). The van der Waals surface area contributed by atoms with Crippen LogP contribution in [0.5, 0.6) is 0 Å². The summed E-state index contributed by atoms with van der Waals surface area (Å²) in [6.07, 6.45) is 0. The molecular formula is C17H13ClN3O2S. The lowest BCUT2D eigenvalue weighted by Crippen LogP contribution is -2.21. The Hall–Kier alpha value is -2.57. The summed E-state index contributed by atoms with van der Waals surface area (Å²) in [5.41, 5.74) is 9.00. The average molecular weight is 359 g/mol. The van der Waals surface area contributed by atoms with Crippen LogP contribution in [0.2, 0.25) is 5.02 Å². The van der Waals surface area contributed by atoms with Gasteiger partial charge in [0.25, 0.3) is 5.91 Å². The number of benzene rings is 2. The van der Waals surface area contributed by atoms with Crippen LogP contribution in [0.4, 0.5) is 15.5 Å². The predicted octanol–water partition coefficient (Wildman–Crippen LogP) is 4.93. The summed E-state index contributed by atoms with van der Waals surface area (Å²) in [7, 11) is 0. The first kappa shape index (κ1) is 16.3. The highest BCUT2D eigenvalue weighted by Crippen LogP contribution is 2.35. The zero-order valence-corrected chi connectivity index (χ0v) is 14.2. The van der Waals surface area contributed by atoms with E-state index < -0.39 is 11.9 Å². The third-order valence-electron chi connectivity index (χ3n) is 3.51. The van der Waals surface area contributed by atoms with Crippen molar-refractivity contribution in [2.24, 2.45) is 0 Å². The molecule has 0 atom stereocenters. The maximum absolute atomic E-state index is 12.3. The van der Waals surface area contributed by atoms with E-state index in [-0.39, 0.29) is 5.56 Å². The molecule has 1 heterocycles. The van der Waals surface area contributed by atoms with Gasteiger partial charge >= 0.3 is 6.03 Å². The van der Waals surface area contributed by atoms with Crippen molar-refractivity contribution < 1.29 is 9.59 Å². The van der Waals surface area contributed by atoms with Gasteiger partial charge in [-0.25, -0.2) is 4.79 Å². The van der Waals surface area contributed by atoms with Gasteiger partial charge in [0.1, 0.15) is 5.00 Å². The van der Waals surface area contributed by atoms with Crippen molar-refractivity contribution >= 4 is 55.7 Å². The number of carbonyl (C=O) groups excluding carboxylic acids is 2. The number of hydrogen-bond acceptors (Lipinski definition) is 3. The molecule has 0 unspecified atom stereocenters. The van der Waals surface area contributed by atoms with Gasteiger partial charge in [0, 0.05) is 10.1 Å². The van der Waals surface area contributed by atoms with Crippen molar-refractivity contribution in [1.29, 1.82) is 0 Å². The van der Waals surface area contributed by atoms with Crippen LogP contribution in [0.1, 0.15) is 15.9 Å². The van der Waals surface area contributed by atoms with E-state index in [4.69, 9.17) is 17.3 Å². The van der Waals surface area contributed by atoms with Gasteiger partial charge in [0.15, 0.2) is 0 Å². The molecule has 0 aliphatic heterocycles. The van der Waals surface area contributed by atoms with Gasteiger partial charge in [-0.1, -0.05) is 41.9 Å². The second-order valence-electron chi connectivity index (χ2n) is 5.14. The zero-order valence-electron chi connectivity index (χ0n) is 12.6. The Kier molecular flexibility index (Phi) is 4.42. The van der Waals surface area contributed by atoms with E-state index >= 15 is 0 Å². The smallest absolute Gasteiger partial charge is 0.306 e. The minimum absolute atomic E-state index is 0.196. The Morgan fingerprint density at radius 1 is 1.08 bits per heavy atom. The maximum Gasteiger partial charge on any atom is 0.324 e. The van der Waals surface area contributed by atoms with Gasteiger partial charge in [-0.15, -0.1) is 11.3 Å². The lowest BCUT2D eigenvalue weighted by Gasteiger charge is -2.11. The molecule has 7 heteroatoms. The molecule has 0 bridgehead atoms. The molecule has 1 aromatic heterocycles. The second kappa shape index (κ2) is 6.51. The largest absolute Gasteiger partial charge is 0.324 e. The van der Waals surface area contributed by atoms with Crippen molar-refractivity contribution in [2.75, 3.05) is 10.6 Å². The number of amides is 3. The van der Waals surface area contributed by atoms with Gasteiger partial charge in [0.2, 0.25) is 0 Å². The molecule has 0 saturated carbocycles. The Labute approximate surface area is 147 Å². The van der Waals surface area contributed by atoms with Gasteiger partial charge in [-0.2, -0.15) is 0 Å². The highest BCUT2D eigenvalue weighted by molar-refractivity contribution is 7.23. The van der Waals surface area contributed by atoms with Crippen LogP contribution in [0.25, 0.3) is 10.1 Å². The highest BCUT2D eigenvalue weighted by Gasteiger charge is 2.19. The zero-order chi connectivity index (χ0) is 17.3. The normalized spacial score (nSPS) is 10.6. The van der Waals surface area contributed by atoms with Crippen molar-refractivity contribution in [1.82, 2.24) is 5.73 Å². The van der Waals surface area contributed by atoms with Crippen LogP contribution in [0.15, 0.2) is 42.5 Å². The molecule has 0 spiro atoms. The lowest BCUT2D eigenvalue weighted by molar-refractivity contribution is 0.0995. The van der Waals surface area contributed by atoms with E-state index in [9.17, 15) is 9.59 Å². The first-order chi connectivity index (χ1) is 11.5. The number of anilines is 2. The number of para-hydroxylation sites is 1. The molecule has 3 aromatic rings. The van der Waals surface area contributed by atoms with E-state index in [0.29, 0.717) is 21.1 Å². The van der Waals surface area contributed by atoms with Gasteiger partial charge < -0.3 is 5.32 Å². The van der Waals surface area contributed by atoms with Crippen LogP contribution in [0.3, 0.4) is 0 Å². The van der Waals surface area contributed by atoms with Crippen molar-refractivity contribution in [2.45, 2.75) is 6.92 Å². The minimum atomic E-state index is -0.836. The molecule has 0 aliphatic carbocycles. The number of hydrogen-bond donors (Lipinski definition) is 2. The fourth-order valence-electron chi connectivity index (χ4n) is 2.40. The molecule has 3 rings (SSSR count). The Morgan fingerprint density at radius 3 is 2.54 bits per heavy atom. The molecule has 24 heavy (non-hydrogen) atoms. The van der Waals surface area contributed by atoms with Gasteiger partial charge in [-0.3, -0.25) is 15.8 Å². The van der Waals surface area contributed by atoms with E-state index in [0.717, 1.165) is 10.3 Å². The predicted molar refractivity (Wildman–Crippen MR) is 98.1 cm³/mol. The SMILES string of the molecule is Cc1cccc(Cl)c1NC(=O)Nc1sc2ccccc2c1C([NH])=O. The van der Waals surface area contributed by atoms with E-state index in [1.165, 1.54) is 11.3 Å². The van der Waals surface area contributed by atoms with E-state index in [1.807, 2.05) is 25.1 Å². The monoisotopic (exact) mass is 358 g/mol. The lowest BCUT2D eigenvalue weighted by atomic mass is 10.1. The number of halogens is 1. The molecule has 3 N–H and O–H groups in total. The molecule has 5 nitrogen and oxygen atoms in total. The van der Waals surface area contributed by atoms with Gasteiger partial charge in [0.05, 0.1) is 16.3 Å². The number of urea groups is 1. The average Bonchev–Trinajstić information content (AvgIpc) is 2.89. The summed E-state index contributed by atoms with van der Waals surface area (Å²) in [6.45, 7) is 1.83. The third-order valence-corrected chi connectivity index (χ3v) is 4.91. The molecule has 3 amide bonds. The second-order valence-corrected chi connectivity index (χ2v) is 6.60. The Balaban J connectivity index is 1.91. The molecule has 1 radical (unpaired) electrons. The van der Waals surface area contributed by atoms with E-state index in [1.54, 1.807) is 24.3 Å². The Bertz CT molecular complexity index is 932. The minimum Gasteiger partial charge on any atom is -0.306 e. The molecule has 121 valence electrons. The summed E-state index contributed by atoms with van der Waals surface area (Å²) in [5, 5.41) is 6.78. The molecular weight excluding hydrogens is 346 g/mol. The summed E-state index contributed by atoms with van der Waals surface area (Å²) < 4.78 is 0.831. The van der Waals surface area contributed by atoms with E-state index in [2.05, 4.69) is 10.6 Å². The topological polar surface area (TPSA) is 82.0 Å². The van der Waals surface area contributed by atoms with Crippen molar-refractivity contribution in [3.05, 3.63) is 58.6 Å². The summed E-state index contributed by atoms with van der Waals surface area (Å²) in [6, 6.07) is 12.0. The maximum atomic E-state index is 12.3. The third kappa shape index (κ3) is 3.06. The number of fused-ring (bicyclic) bond motifs is 1. The molecule has 0 saturated heterocycles. The molecule has 2 aromatic carbocycles. The fraction of sp³-hybridized carbons (Fsp3) is 0.0588.